The molecule has 1 radical (unpaired) electrons. The molecule has 2 aromatic rings. The second-order valence-corrected chi connectivity index (χ2v) is 4.51. The zero-order valence-electron chi connectivity index (χ0n) is 9.38. The van der Waals surface area contributed by atoms with Crippen molar-refractivity contribution in [2.45, 2.75) is 13.3 Å². The number of halogens is 2. The molecule has 0 saturated carbocycles. The van der Waals surface area contributed by atoms with E-state index in [0.29, 0.717) is 22.2 Å². The van der Waals surface area contributed by atoms with Crippen molar-refractivity contribution < 1.29 is 4.42 Å². The van der Waals surface area contributed by atoms with Crippen LogP contribution in [0.5, 0.6) is 0 Å². The van der Waals surface area contributed by atoms with E-state index in [1.165, 1.54) is 4.57 Å². The first-order valence-electron chi connectivity index (χ1n) is 5.00. The highest BCUT2D eigenvalue weighted by Gasteiger charge is 2.14. The Morgan fingerprint density at radius 1 is 1.47 bits per heavy atom. The summed E-state index contributed by atoms with van der Waals surface area (Å²) in [5.74, 6) is 0.193. The number of hydrogen-bond acceptors (Lipinski definition) is 2. The Balaban J connectivity index is 2.48. The summed E-state index contributed by atoms with van der Waals surface area (Å²) in [6, 6.07) is 6.25. The minimum absolute atomic E-state index is 0.385. The predicted octanol–water partition coefficient (Wildman–Crippen LogP) is 2.98. The molecule has 0 spiro atoms. The highest BCUT2D eigenvalue weighted by atomic mass is 35.5. The summed E-state index contributed by atoms with van der Waals surface area (Å²) in [6.07, 6.45) is 0.448. The van der Waals surface area contributed by atoms with Gasteiger partial charge in [0.15, 0.2) is 0 Å². The molecule has 1 aromatic heterocycles. The minimum Gasteiger partial charge on any atom is -0.413 e. The fraction of sp³-hybridized carbons (Fsp3) is 0.250. The van der Waals surface area contributed by atoms with Gasteiger partial charge in [0.1, 0.15) is 5.76 Å². The Morgan fingerprint density at radius 2 is 2.18 bits per heavy atom. The van der Waals surface area contributed by atoms with Gasteiger partial charge in [-0.25, -0.2) is 4.79 Å². The second-order valence-electron chi connectivity index (χ2n) is 3.72. The SMILES string of the molecule is Cc1oc(=O)n(C)c1Cc1c(Cl)[c]ccc1Cl. The zero-order valence-corrected chi connectivity index (χ0v) is 10.9. The molecule has 5 heteroatoms. The van der Waals surface area contributed by atoms with Gasteiger partial charge in [-0.2, -0.15) is 0 Å². The fourth-order valence-electron chi connectivity index (χ4n) is 1.66. The lowest BCUT2D eigenvalue weighted by molar-refractivity contribution is 0.472. The number of oxazole rings is 1. The summed E-state index contributed by atoms with van der Waals surface area (Å²) in [4.78, 5) is 11.3. The fourth-order valence-corrected chi connectivity index (χ4v) is 2.16. The molecule has 0 aliphatic carbocycles. The normalized spacial score (nSPS) is 10.8. The lowest BCUT2D eigenvalue weighted by Gasteiger charge is -2.06. The highest BCUT2D eigenvalue weighted by Crippen LogP contribution is 2.26. The van der Waals surface area contributed by atoms with Gasteiger partial charge < -0.3 is 4.42 Å². The molecule has 2 rings (SSSR count). The third-order valence-corrected chi connectivity index (χ3v) is 3.35. The topological polar surface area (TPSA) is 35.1 Å². The van der Waals surface area contributed by atoms with Crippen molar-refractivity contribution >= 4 is 23.2 Å². The van der Waals surface area contributed by atoms with Gasteiger partial charge >= 0.3 is 5.76 Å². The Kier molecular flexibility index (Phi) is 3.31. The van der Waals surface area contributed by atoms with Gasteiger partial charge in [-0.3, -0.25) is 4.57 Å². The minimum atomic E-state index is -0.385. The van der Waals surface area contributed by atoms with Gasteiger partial charge in [-0.05, 0) is 18.6 Å². The molecule has 0 N–H and O–H groups in total. The van der Waals surface area contributed by atoms with Crippen molar-refractivity contribution in [2.75, 3.05) is 0 Å². The quantitative estimate of drug-likeness (QED) is 0.841. The molecule has 0 aliphatic heterocycles. The van der Waals surface area contributed by atoms with Crippen molar-refractivity contribution in [3.8, 4) is 0 Å². The summed E-state index contributed by atoms with van der Waals surface area (Å²) < 4.78 is 6.46. The number of hydrogen-bond donors (Lipinski definition) is 0. The van der Waals surface area contributed by atoms with Crippen LogP contribution in [-0.4, -0.2) is 4.57 Å². The molecule has 89 valence electrons. The molecule has 0 unspecified atom stereocenters. The summed E-state index contributed by atoms with van der Waals surface area (Å²) >= 11 is 12.1. The molecule has 1 heterocycles. The van der Waals surface area contributed by atoms with E-state index in [2.05, 4.69) is 6.07 Å². The third kappa shape index (κ3) is 2.26. The van der Waals surface area contributed by atoms with Crippen LogP contribution in [-0.2, 0) is 13.5 Å². The second kappa shape index (κ2) is 4.59. The molecular formula is C12H10Cl2NO2. The van der Waals surface area contributed by atoms with Crippen LogP contribution in [0.2, 0.25) is 10.0 Å². The smallest absolute Gasteiger partial charge is 0.413 e. The predicted molar refractivity (Wildman–Crippen MR) is 66.8 cm³/mol. The molecular weight excluding hydrogens is 261 g/mol. The maximum atomic E-state index is 11.3. The monoisotopic (exact) mass is 270 g/mol. The Labute approximate surface area is 109 Å². The Hall–Kier alpha value is -1.19. The van der Waals surface area contributed by atoms with E-state index in [0.717, 1.165) is 11.3 Å². The van der Waals surface area contributed by atoms with Crippen LogP contribution in [0.25, 0.3) is 0 Å². The van der Waals surface area contributed by atoms with Crippen LogP contribution in [0, 0.1) is 13.0 Å². The lowest BCUT2D eigenvalue weighted by atomic mass is 10.1. The van der Waals surface area contributed by atoms with Crippen LogP contribution >= 0.6 is 23.2 Å². The summed E-state index contributed by atoms with van der Waals surface area (Å²) in [6.45, 7) is 1.74. The molecule has 17 heavy (non-hydrogen) atoms. The number of rotatable bonds is 2. The van der Waals surface area contributed by atoms with Gasteiger partial charge in [0.25, 0.3) is 0 Å². The number of nitrogens with zero attached hydrogens (tertiary/aromatic N) is 1. The van der Waals surface area contributed by atoms with E-state index in [1.54, 1.807) is 26.1 Å². The summed E-state index contributed by atoms with van der Waals surface area (Å²) in [5, 5.41) is 1.02. The molecule has 0 atom stereocenters. The average Bonchev–Trinajstić information content (AvgIpc) is 2.49. The van der Waals surface area contributed by atoms with Crippen LogP contribution in [0.4, 0.5) is 0 Å². The molecule has 0 bridgehead atoms. The zero-order chi connectivity index (χ0) is 12.6. The first-order chi connectivity index (χ1) is 8.00. The third-order valence-electron chi connectivity index (χ3n) is 2.66. The van der Waals surface area contributed by atoms with E-state index in [-0.39, 0.29) is 5.76 Å². The van der Waals surface area contributed by atoms with Crippen LogP contribution in [0.3, 0.4) is 0 Å². The van der Waals surface area contributed by atoms with Gasteiger partial charge in [-0.1, -0.05) is 29.3 Å². The first kappa shape index (κ1) is 12.3. The van der Waals surface area contributed by atoms with Crippen molar-refractivity contribution in [3.05, 3.63) is 55.8 Å². The Morgan fingerprint density at radius 3 is 2.71 bits per heavy atom. The standard InChI is InChI=1S/C12H10Cl2NO2/c1-7-11(15(2)12(16)17-7)6-8-9(13)4-3-5-10(8)14/h3-4H,6H2,1-2H3. The number of aryl methyl sites for hydroxylation is 1. The highest BCUT2D eigenvalue weighted by molar-refractivity contribution is 6.35. The number of aromatic nitrogens is 1. The van der Waals surface area contributed by atoms with Gasteiger partial charge in [0.05, 0.1) is 10.7 Å². The van der Waals surface area contributed by atoms with Crippen molar-refractivity contribution in [3.63, 3.8) is 0 Å². The van der Waals surface area contributed by atoms with E-state index in [1.807, 2.05) is 0 Å². The lowest BCUT2D eigenvalue weighted by Crippen LogP contribution is -2.12. The summed E-state index contributed by atoms with van der Waals surface area (Å²) in [7, 11) is 1.66. The van der Waals surface area contributed by atoms with Gasteiger partial charge in [-0.15, -0.1) is 0 Å². The largest absolute Gasteiger partial charge is 0.419 e. The van der Waals surface area contributed by atoms with Crippen LogP contribution in [0.15, 0.2) is 21.3 Å². The first-order valence-corrected chi connectivity index (χ1v) is 5.76. The Bertz CT molecular complexity index is 593. The molecule has 0 amide bonds. The van der Waals surface area contributed by atoms with E-state index >= 15 is 0 Å². The maximum absolute atomic E-state index is 11.3. The molecule has 0 saturated heterocycles. The molecule has 3 nitrogen and oxygen atoms in total. The summed E-state index contributed by atoms with van der Waals surface area (Å²) in [5.41, 5.74) is 1.51. The van der Waals surface area contributed by atoms with Crippen molar-refractivity contribution in [1.29, 1.82) is 0 Å². The van der Waals surface area contributed by atoms with Crippen molar-refractivity contribution in [2.24, 2.45) is 7.05 Å². The van der Waals surface area contributed by atoms with Crippen LogP contribution < -0.4 is 5.76 Å². The van der Waals surface area contributed by atoms with E-state index < -0.39 is 0 Å². The molecule has 1 aromatic carbocycles. The average molecular weight is 271 g/mol. The van der Waals surface area contributed by atoms with E-state index in [9.17, 15) is 4.79 Å². The maximum Gasteiger partial charge on any atom is 0.419 e. The van der Waals surface area contributed by atoms with Crippen molar-refractivity contribution in [1.82, 2.24) is 4.57 Å². The van der Waals surface area contributed by atoms with Gasteiger partial charge in [0, 0.05) is 24.6 Å². The molecule has 0 fully saturated rings. The van der Waals surface area contributed by atoms with Crippen LogP contribution in [0.1, 0.15) is 17.0 Å². The van der Waals surface area contributed by atoms with Gasteiger partial charge in [0.2, 0.25) is 0 Å². The number of benzene rings is 1. The molecule has 0 aliphatic rings. The van der Waals surface area contributed by atoms with E-state index in [4.69, 9.17) is 27.6 Å².